The first-order valence-corrected chi connectivity index (χ1v) is 2.12. The van der Waals surface area contributed by atoms with E-state index in [1.54, 1.807) is 6.92 Å². The van der Waals surface area contributed by atoms with Gasteiger partial charge >= 0.3 is 0 Å². The van der Waals surface area contributed by atoms with Gasteiger partial charge in [-0.3, -0.25) is 4.79 Å². The second kappa shape index (κ2) is 3.40. The number of rotatable bonds is 2. The highest BCUT2D eigenvalue weighted by Crippen LogP contribution is 1.70. The third-order valence-corrected chi connectivity index (χ3v) is 0.549. The minimum Gasteiger partial charge on any atom is -0.325 e. The summed E-state index contributed by atoms with van der Waals surface area (Å²) < 4.78 is 0. The summed E-state index contributed by atoms with van der Waals surface area (Å²) in [7, 11) is 0. The lowest BCUT2D eigenvalue weighted by atomic mass is 10.5. The van der Waals surface area contributed by atoms with Gasteiger partial charge in [0.2, 0.25) is 5.91 Å². The molecule has 0 spiro atoms. The number of hydrogen-bond donors (Lipinski definition) is 1. The first kappa shape index (κ1) is 6.21. The molecule has 0 atom stereocenters. The quantitative estimate of drug-likeness (QED) is 0.499. The van der Waals surface area contributed by atoms with Crippen LogP contribution in [0.2, 0.25) is 0 Å². The molecule has 0 saturated heterocycles. The van der Waals surface area contributed by atoms with E-state index in [1.807, 2.05) is 0 Å². The molecule has 0 rings (SSSR count). The summed E-state index contributed by atoms with van der Waals surface area (Å²) in [4.78, 5) is 10.2. The lowest BCUT2D eigenvalue weighted by Gasteiger charge is -1.88. The summed E-state index contributed by atoms with van der Waals surface area (Å²) in [5, 5.41) is 2.30. The summed E-state index contributed by atoms with van der Waals surface area (Å²) in [6.45, 7) is 4.96. The fourth-order valence-corrected chi connectivity index (χ4v) is 0.187. The molecule has 1 N–H and O–H groups in total. The van der Waals surface area contributed by atoms with Crippen molar-refractivity contribution in [3.8, 4) is 0 Å². The van der Waals surface area contributed by atoms with Crippen LogP contribution in [-0.4, -0.2) is 5.91 Å². The SMILES string of the molecule is C=[C]NC(=O)CC. The summed E-state index contributed by atoms with van der Waals surface area (Å²) in [5.74, 6) is -0.0463. The Morgan fingerprint density at radius 1 is 2.00 bits per heavy atom. The van der Waals surface area contributed by atoms with Gasteiger partial charge in [0.25, 0.3) is 0 Å². The van der Waals surface area contributed by atoms with Gasteiger partial charge in [0.15, 0.2) is 0 Å². The Labute approximate surface area is 43.2 Å². The van der Waals surface area contributed by atoms with Gasteiger partial charge in [0.1, 0.15) is 0 Å². The van der Waals surface area contributed by atoms with E-state index in [2.05, 4.69) is 18.1 Å². The van der Waals surface area contributed by atoms with E-state index < -0.39 is 0 Å². The maximum Gasteiger partial charge on any atom is 0.224 e. The molecule has 2 heteroatoms. The second-order valence-electron chi connectivity index (χ2n) is 1.08. The van der Waals surface area contributed by atoms with Crippen molar-refractivity contribution in [2.24, 2.45) is 0 Å². The molecule has 0 aliphatic rings. The normalized spacial score (nSPS) is 7.57. The zero-order chi connectivity index (χ0) is 5.70. The maximum atomic E-state index is 10.2. The second-order valence-corrected chi connectivity index (χ2v) is 1.08. The van der Waals surface area contributed by atoms with Crippen molar-refractivity contribution in [1.82, 2.24) is 5.32 Å². The maximum absolute atomic E-state index is 10.2. The summed E-state index contributed by atoms with van der Waals surface area (Å²) in [5.41, 5.74) is 0. The predicted molar refractivity (Wildman–Crippen MR) is 27.3 cm³/mol. The molecular formula is C5H8NO. The van der Waals surface area contributed by atoms with Gasteiger partial charge in [-0.05, 0) is 0 Å². The molecule has 0 unspecified atom stereocenters. The molecule has 7 heavy (non-hydrogen) atoms. The van der Waals surface area contributed by atoms with Gasteiger partial charge in [0, 0.05) is 6.42 Å². The number of amides is 1. The third kappa shape index (κ3) is 3.03. The Hall–Kier alpha value is -0.790. The first-order chi connectivity index (χ1) is 3.31. The van der Waals surface area contributed by atoms with Crippen LogP contribution in [0.4, 0.5) is 0 Å². The average Bonchev–Trinajstić information content (AvgIpc) is 1.68. The van der Waals surface area contributed by atoms with Crippen LogP contribution in [-0.2, 0) is 4.79 Å². The largest absolute Gasteiger partial charge is 0.325 e. The number of nitrogens with one attached hydrogen (secondary N) is 1. The fraction of sp³-hybridized carbons (Fsp3) is 0.400. The Bertz CT molecular complexity index is 78.1. The molecule has 0 aliphatic carbocycles. The van der Waals surface area contributed by atoms with E-state index in [4.69, 9.17) is 0 Å². The molecule has 2 nitrogen and oxygen atoms in total. The molecule has 39 valence electrons. The zero-order valence-electron chi connectivity index (χ0n) is 4.32. The van der Waals surface area contributed by atoms with E-state index in [9.17, 15) is 4.79 Å². The van der Waals surface area contributed by atoms with Crippen LogP contribution in [0.3, 0.4) is 0 Å². The lowest BCUT2D eigenvalue weighted by molar-refractivity contribution is -0.119. The minimum absolute atomic E-state index is 0.0463. The topological polar surface area (TPSA) is 29.1 Å². The molecule has 0 heterocycles. The van der Waals surface area contributed by atoms with Crippen LogP contribution in [0.25, 0.3) is 0 Å². The molecule has 0 aliphatic heterocycles. The average molecular weight is 98.1 g/mol. The van der Waals surface area contributed by atoms with Gasteiger partial charge in [-0.15, -0.1) is 0 Å². The Balaban J connectivity index is 3.17. The van der Waals surface area contributed by atoms with Crippen molar-refractivity contribution in [3.05, 3.63) is 12.8 Å². The van der Waals surface area contributed by atoms with E-state index in [0.717, 1.165) is 0 Å². The van der Waals surface area contributed by atoms with Crippen molar-refractivity contribution in [3.63, 3.8) is 0 Å². The summed E-state index contributed by atoms with van der Waals surface area (Å²) in [6, 6.07) is 0. The first-order valence-electron chi connectivity index (χ1n) is 2.12. The van der Waals surface area contributed by atoms with Crippen LogP contribution in [0.15, 0.2) is 6.58 Å². The highest BCUT2D eigenvalue weighted by atomic mass is 16.1. The lowest BCUT2D eigenvalue weighted by Crippen LogP contribution is -2.14. The summed E-state index contributed by atoms with van der Waals surface area (Å²) in [6.07, 6.45) is 2.76. The van der Waals surface area contributed by atoms with Crippen molar-refractivity contribution >= 4 is 5.91 Å². The van der Waals surface area contributed by atoms with E-state index in [0.29, 0.717) is 6.42 Å². The highest BCUT2D eigenvalue weighted by Gasteiger charge is 1.87. The molecule has 0 aromatic carbocycles. The molecule has 0 aromatic heterocycles. The van der Waals surface area contributed by atoms with Crippen molar-refractivity contribution < 1.29 is 4.79 Å². The van der Waals surface area contributed by atoms with Gasteiger partial charge < -0.3 is 5.32 Å². The fourth-order valence-electron chi connectivity index (χ4n) is 0.187. The van der Waals surface area contributed by atoms with Crippen molar-refractivity contribution in [1.29, 1.82) is 0 Å². The predicted octanol–water partition coefficient (Wildman–Crippen LogP) is 0.459. The van der Waals surface area contributed by atoms with Gasteiger partial charge in [-0.2, -0.15) is 0 Å². The molecule has 0 bridgehead atoms. The third-order valence-electron chi connectivity index (χ3n) is 0.549. The van der Waals surface area contributed by atoms with Crippen LogP contribution < -0.4 is 5.32 Å². The van der Waals surface area contributed by atoms with Crippen molar-refractivity contribution in [2.45, 2.75) is 13.3 Å². The minimum atomic E-state index is -0.0463. The molecule has 1 radical (unpaired) electrons. The van der Waals surface area contributed by atoms with Gasteiger partial charge in [0.05, 0.1) is 6.20 Å². The molecule has 0 aromatic rings. The van der Waals surface area contributed by atoms with Gasteiger partial charge in [-0.1, -0.05) is 13.5 Å². The number of carbonyl (C=O) groups excluding carboxylic acids is 1. The van der Waals surface area contributed by atoms with E-state index >= 15 is 0 Å². The van der Waals surface area contributed by atoms with Crippen LogP contribution in [0.1, 0.15) is 13.3 Å². The molecule has 0 saturated carbocycles. The smallest absolute Gasteiger partial charge is 0.224 e. The highest BCUT2D eigenvalue weighted by molar-refractivity contribution is 5.75. The zero-order valence-corrected chi connectivity index (χ0v) is 4.32. The van der Waals surface area contributed by atoms with Crippen LogP contribution in [0, 0.1) is 6.20 Å². The Morgan fingerprint density at radius 2 is 2.57 bits per heavy atom. The van der Waals surface area contributed by atoms with Crippen LogP contribution in [0.5, 0.6) is 0 Å². The number of hydrogen-bond acceptors (Lipinski definition) is 1. The summed E-state index contributed by atoms with van der Waals surface area (Å²) >= 11 is 0. The number of carbonyl (C=O) groups is 1. The van der Waals surface area contributed by atoms with Crippen LogP contribution >= 0.6 is 0 Å². The Morgan fingerprint density at radius 3 is 2.71 bits per heavy atom. The van der Waals surface area contributed by atoms with E-state index in [1.165, 1.54) is 0 Å². The van der Waals surface area contributed by atoms with E-state index in [-0.39, 0.29) is 5.91 Å². The standard InChI is InChI=1S/C5H8NO/c1-3-5(7)6-4-2/h2-3H2,1H3,(H,6,7). The molecule has 1 amide bonds. The Kier molecular flexibility index (Phi) is 3.02. The molecular weight excluding hydrogens is 90.1 g/mol. The van der Waals surface area contributed by atoms with Gasteiger partial charge in [-0.25, -0.2) is 0 Å². The monoisotopic (exact) mass is 98.1 g/mol. The van der Waals surface area contributed by atoms with Crippen molar-refractivity contribution in [2.75, 3.05) is 0 Å². The molecule has 0 fully saturated rings.